The van der Waals surface area contributed by atoms with E-state index < -0.39 is 6.10 Å². The molecule has 4 aromatic rings. The largest absolute Gasteiger partial charge is 0.506 e. The van der Waals surface area contributed by atoms with E-state index in [1.807, 2.05) is 42.1 Å². The van der Waals surface area contributed by atoms with E-state index in [1.54, 1.807) is 6.07 Å². The van der Waals surface area contributed by atoms with Gasteiger partial charge in [0.2, 0.25) is 0 Å². The standard InChI is InChI=1S/C38H46N8O6/c1-3-30-28(34(42-26-15-18-51-19-16-26)29-21-41-46(4-2)37(29)44-30)20-40-38(50)43-25-11-9-24(10-12-25)8-6-5-7-17-39-22-32(48)27-13-14-31(47)35-36(27)52-23-33(49)45-35/h9-14,21,26,32,39,47-48H,3-5,7,15-20,22-23H2,1-2H3,(H,42,44)(H,45,49)(H2,40,43,50)/t32-/m0/s1. The van der Waals surface area contributed by atoms with Crippen molar-refractivity contribution in [2.75, 3.05) is 48.9 Å². The van der Waals surface area contributed by atoms with Crippen LogP contribution in [0.3, 0.4) is 0 Å². The number of anilines is 3. The van der Waals surface area contributed by atoms with Crippen molar-refractivity contribution in [2.45, 2.75) is 71.2 Å². The number of carbonyl (C=O) groups is 2. The molecule has 0 radical (unpaired) electrons. The molecule has 2 aromatic heterocycles. The second kappa shape index (κ2) is 17.2. The molecule has 1 saturated heterocycles. The highest BCUT2D eigenvalue weighted by atomic mass is 16.5. The summed E-state index contributed by atoms with van der Waals surface area (Å²) in [5, 5.41) is 41.7. The van der Waals surface area contributed by atoms with E-state index in [9.17, 15) is 19.8 Å². The molecule has 2 aromatic carbocycles. The Bertz CT molecular complexity index is 1950. The third-order valence-corrected chi connectivity index (χ3v) is 9.11. The number of hydrogen-bond acceptors (Lipinski definition) is 10. The molecule has 0 unspecified atom stereocenters. The van der Waals surface area contributed by atoms with Crippen molar-refractivity contribution >= 4 is 40.0 Å². The van der Waals surface area contributed by atoms with Crippen LogP contribution in [0.15, 0.2) is 42.6 Å². The Morgan fingerprint density at radius 1 is 1.15 bits per heavy atom. The van der Waals surface area contributed by atoms with E-state index in [4.69, 9.17) is 14.5 Å². The molecule has 1 fully saturated rings. The molecule has 274 valence electrons. The Kier molecular flexibility index (Phi) is 12.1. The number of fused-ring (bicyclic) bond motifs is 2. The van der Waals surface area contributed by atoms with Gasteiger partial charge < -0.3 is 46.3 Å². The lowest BCUT2D eigenvalue weighted by Crippen LogP contribution is -2.31. The number of rotatable bonds is 13. The lowest BCUT2D eigenvalue weighted by molar-refractivity contribution is -0.118. The third kappa shape index (κ3) is 8.74. The van der Waals surface area contributed by atoms with Crippen LogP contribution in [-0.2, 0) is 29.0 Å². The van der Waals surface area contributed by atoms with Gasteiger partial charge in [0.25, 0.3) is 5.91 Å². The highest BCUT2D eigenvalue weighted by molar-refractivity contribution is 5.97. The summed E-state index contributed by atoms with van der Waals surface area (Å²) in [6, 6.07) is 10.4. The minimum Gasteiger partial charge on any atom is -0.506 e. The smallest absolute Gasteiger partial charge is 0.319 e. The van der Waals surface area contributed by atoms with Crippen LogP contribution in [0.1, 0.15) is 68.0 Å². The summed E-state index contributed by atoms with van der Waals surface area (Å²) in [5.74, 6) is 6.14. The molecule has 0 saturated carbocycles. The maximum atomic E-state index is 13.0. The molecule has 2 aliphatic rings. The zero-order chi connectivity index (χ0) is 36.5. The second-order valence-corrected chi connectivity index (χ2v) is 12.7. The Labute approximate surface area is 302 Å². The van der Waals surface area contributed by atoms with Crippen LogP contribution < -0.4 is 31.3 Å². The fraction of sp³-hybridized carbons (Fsp3) is 0.421. The molecule has 6 rings (SSSR count). The van der Waals surface area contributed by atoms with E-state index in [2.05, 4.69) is 50.4 Å². The Hall–Kier alpha value is -5.36. The van der Waals surface area contributed by atoms with Crippen LogP contribution in [0.2, 0.25) is 0 Å². The molecule has 14 heteroatoms. The highest BCUT2D eigenvalue weighted by Gasteiger charge is 2.26. The highest BCUT2D eigenvalue weighted by Crippen LogP contribution is 2.41. The third-order valence-electron chi connectivity index (χ3n) is 9.11. The molecule has 0 bridgehead atoms. The topological polar surface area (TPSA) is 184 Å². The van der Waals surface area contributed by atoms with Crippen molar-refractivity contribution in [3.05, 3.63) is 65.0 Å². The summed E-state index contributed by atoms with van der Waals surface area (Å²) in [6.45, 7) is 7.33. The fourth-order valence-electron chi connectivity index (χ4n) is 6.34. The summed E-state index contributed by atoms with van der Waals surface area (Å²) in [6.07, 6.45) is 4.94. The number of aromatic nitrogens is 3. The van der Waals surface area contributed by atoms with Gasteiger partial charge in [0.05, 0.1) is 23.4 Å². The Morgan fingerprint density at radius 3 is 2.73 bits per heavy atom. The zero-order valence-corrected chi connectivity index (χ0v) is 29.6. The first-order valence-corrected chi connectivity index (χ1v) is 17.9. The number of phenols is 1. The number of aliphatic hydroxyl groups is 1. The first-order valence-electron chi connectivity index (χ1n) is 17.9. The first kappa shape index (κ1) is 36.4. The van der Waals surface area contributed by atoms with E-state index in [0.717, 1.165) is 79.0 Å². The number of pyridine rings is 1. The molecule has 2 aliphatic heterocycles. The summed E-state index contributed by atoms with van der Waals surface area (Å²) in [4.78, 5) is 29.6. The molecule has 7 N–H and O–H groups in total. The van der Waals surface area contributed by atoms with Gasteiger partial charge in [0.1, 0.15) is 11.4 Å². The number of phenolic OH excluding ortho intramolecular Hbond substituents is 1. The maximum absolute atomic E-state index is 13.0. The van der Waals surface area contributed by atoms with Crippen molar-refractivity contribution in [1.82, 2.24) is 25.4 Å². The summed E-state index contributed by atoms with van der Waals surface area (Å²) >= 11 is 0. The molecule has 14 nitrogen and oxygen atoms in total. The number of aromatic hydroxyl groups is 1. The van der Waals surface area contributed by atoms with E-state index >= 15 is 0 Å². The van der Waals surface area contributed by atoms with Gasteiger partial charge >= 0.3 is 6.03 Å². The molecule has 0 aliphatic carbocycles. The minimum absolute atomic E-state index is 0.111. The van der Waals surface area contributed by atoms with Crippen LogP contribution in [0.4, 0.5) is 21.9 Å². The number of ether oxygens (including phenoxy) is 2. The van der Waals surface area contributed by atoms with Gasteiger partial charge in [0, 0.05) is 73.4 Å². The molecule has 3 amide bonds. The normalized spacial score (nSPS) is 14.8. The van der Waals surface area contributed by atoms with Crippen molar-refractivity contribution in [1.29, 1.82) is 0 Å². The Balaban J connectivity index is 0.972. The lowest BCUT2D eigenvalue weighted by Gasteiger charge is -2.26. The quantitative estimate of drug-likeness (QED) is 0.0596. The molecule has 1 atom stereocenters. The number of hydrogen-bond donors (Lipinski definition) is 7. The SMILES string of the molecule is CCc1nc2c(cnn2CC)c(NC2CCOCC2)c1CNC(=O)Nc1ccc(C#CCCCNC[C@H](O)c2ccc(O)c3c2OCC(=O)N3)cc1. The van der Waals surface area contributed by atoms with Gasteiger partial charge in [-0.15, -0.1) is 0 Å². The first-order chi connectivity index (χ1) is 25.3. The second-order valence-electron chi connectivity index (χ2n) is 12.7. The van der Waals surface area contributed by atoms with Crippen LogP contribution in [0.5, 0.6) is 11.5 Å². The fourth-order valence-corrected chi connectivity index (χ4v) is 6.34. The summed E-state index contributed by atoms with van der Waals surface area (Å²) in [7, 11) is 0. The van der Waals surface area contributed by atoms with Gasteiger partial charge in [-0.05, 0) is 75.5 Å². The number of amides is 3. The molecular formula is C38H46N8O6. The van der Waals surface area contributed by atoms with Crippen LogP contribution in [-0.4, -0.2) is 75.9 Å². The van der Waals surface area contributed by atoms with Crippen LogP contribution in [0.25, 0.3) is 11.0 Å². The van der Waals surface area contributed by atoms with Crippen LogP contribution in [0, 0.1) is 11.8 Å². The molecule has 52 heavy (non-hydrogen) atoms. The number of aliphatic hydroxyl groups excluding tert-OH is 1. The average Bonchev–Trinajstić information content (AvgIpc) is 3.58. The monoisotopic (exact) mass is 710 g/mol. The predicted octanol–water partition coefficient (Wildman–Crippen LogP) is 4.42. The zero-order valence-electron chi connectivity index (χ0n) is 29.6. The van der Waals surface area contributed by atoms with Crippen LogP contribution >= 0.6 is 0 Å². The number of unbranched alkanes of at least 4 members (excludes halogenated alkanes) is 1. The Morgan fingerprint density at radius 2 is 1.96 bits per heavy atom. The van der Waals surface area contributed by atoms with E-state index in [-0.39, 0.29) is 48.3 Å². The number of carbonyl (C=O) groups excluding carboxylic acids is 2. The number of benzene rings is 2. The molecule has 0 spiro atoms. The average molecular weight is 711 g/mol. The molecular weight excluding hydrogens is 664 g/mol. The summed E-state index contributed by atoms with van der Waals surface area (Å²) < 4.78 is 12.9. The van der Waals surface area contributed by atoms with E-state index in [1.165, 1.54) is 6.07 Å². The van der Waals surface area contributed by atoms with Gasteiger partial charge in [-0.2, -0.15) is 5.10 Å². The predicted molar refractivity (Wildman–Crippen MR) is 199 cm³/mol. The lowest BCUT2D eigenvalue weighted by atomic mass is 10.0. The van der Waals surface area contributed by atoms with Crippen molar-refractivity contribution in [3.8, 4) is 23.3 Å². The number of nitrogens with one attached hydrogen (secondary N) is 5. The van der Waals surface area contributed by atoms with Crippen molar-refractivity contribution in [3.63, 3.8) is 0 Å². The number of urea groups is 1. The minimum atomic E-state index is -0.881. The maximum Gasteiger partial charge on any atom is 0.319 e. The van der Waals surface area contributed by atoms with Gasteiger partial charge in [-0.25, -0.2) is 14.5 Å². The van der Waals surface area contributed by atoms with Gasteiger partial charge in [0.15, 0.2) is 18.0 Å². The number of nitrogens with zero attached hydrogens (tertiary/aromatic N) is 3. The van der Waals surface area contributed by atoms with Gasteiger partial charge in [-0.1, -0.05) is 18.8 Å². The van der Waals surface area contributed by atoms with Gasteiger partial charge in [-0.3, -0.25) is 4.79 Å². The van der Waals surface area contributed by atoms with Crippen molar-refractivity contribution in [2.24, 2.45) is 0 Å². The van der Waals surface area contributed by atoms with E-state index in [0.29, 0.717) is 30.8 Å². The molecule has 4 heterocycles. The summed E-state index contributed by atoms with van der Waals surface area (Å²) in [5.41, 5.74) is 5.87. The number of aryl methyl sites for hydroxylation is 2. The van der Waals surface area contributed by atoms with Crippen molar-refractivity contribution < 1.29 is 29.3 Å².